The topological polar surface area (TPSA) is 63.2 Å². The molecular weight excluding hydrogens is 286 g/mol. The predicted octanol–water partition coefficient (Wildman–Crippen LogP) is 2.33. The number of hydrogen-bond acceptors (Lipinski definition) is 3. The normalized spacial score (nSPS) is 21.8. The van der Waals surface area contributed by atoms with Crippen LogP contribution >= 0.6 is 11.6 Å². The van der Waals surface area contributed by atoms with Crippen molar-refractivity contribution in [1.29, 1.82) is 0 Å². The fourth-order valence-corrected chi connectivity index (χ4v) is 4.17. The maximum atomic E-state index is 12.1. The highest BCUT2D eigenvalue weighted by Crippen LogP contribution is 2.21. The molecule has 1 amide bonds. The molecule has 1 aliphatic rings. The molecule has 1 saturated heterocycles. The van der Waals surface area contributed by atoms with Crippen LogP contribution in [0, 0.1) is 0 Å². The van der Waals surface area contributed by atoms with Crippen LogP contribution in [0.2, 0.25) is 0 Å². The molecule has 0 aromatic heterocycles. The van der Waals surface area contributed by atoms with E-state index in [4.69, 9.17) is 11.6 Å². The number of carbonyl (C=O) groups excluding carboxylic acids is 1. The van der Waals surface area contributed by atoms with Crippen LogP contribution in [0.3, 0.4) is 0 Å². The van der Waals surface area contributed by atoms with Crippen LogP contribution in [0.1, 0.15) is 24.8 Å². The van der Waals surface area contributed by atoms with Gasteiger partial charge in [-0.1, -0.05) is 18.6 Å². The summed E-state index contributed by atoms with van der Waals surface area (Å²) in [5, 5.41) is 1.75. The maximum absolute atomic E-state index is 12.1. The van der Waals surface area contributed by atoms with Crippen LogP contribution in [0.25, 0.3) is 0 Å². The second kappa shape index (κ2) is 5.92. The molecule has 0 bridgehead atoms. The highest BCUT2D eigenvalue weighted by Gasteiger charge is 2.34. The van der Waals surface area contributed by atoms with Crippen LogP contribution in [0.15, 0.2) is 24.3 Å². The van der Waals surface area contributed by atoms with Crippen LogP contribution in [0.4, 0.5) is 5.69 Å². The number of halogens is 1. The SMILES string of the molecule is O=C(Nc1cccc(CCl)c1)C1CCCCS1(=O)=O. The van der Waals surface area contributed by atoms with E-state index in [2.05, 4.69) is 5.32 Å². The van der Waals surface area contributed by atoms with E-state index in [1.54, 1.807) is 18.2 Å². The van der Waals surface area contributed by atoms with Gasteiger partial charge in [0.2, 0.25) is 5.91 Å². The van der Waals surface area contributed by atoms with Gasteiger partial charge in [0.1, 0.15) is 5.25 Å². The summed E-state index contributed by atoms with van der Waals surface area (Å²) in [5.41, 5.74) is 1.47. The maximum Gasteiger partial charge on any atom is 0.242 e. The molecule has 0 saturated carbocycles. The summed E-state index contributed by atoms with van der Waals surface area (Å²) in [4.78, 5) is 12.1. The second-order valence-corrected chi connectivity index (χ2v) is 7.24. The third-order valence-electron chi connectivity index (χ3n) is 3.22. The Morgan fingerprint density at radius 3 is 2.84 bits per heavy atom. The van der Waals surface area contributed by atoms with Crippen molar-refractivity contribution in [2.75, 3.05) is 11.1 Å². The van der Waals surface area contributed by atoms with E-state index in [1.165, 1.54) is 0 Å². The van der Waals surface area contributed by atoms with Gasteiger partial charge in [-0.05, 0) is 30.5 Å². The summed E-state index contributed by atoms with van der Waals surface area (Å²) < 4.78 is 23.7. The first-order chi connectivity index (χ1) is 9.03. The monoisotopic (exact) mass is 301 g/mol. The minimum absolute atomic E-state index is 0.104. The Hall–Kier alpha value is -1.07. The Morgan fingerprint density at radius 1 is 1.37 bits per heavy atom. The second-order valence-electron chi connectivity index (χ2n) is 4.67. The summed E-state index contributed by atoms with van der Waals surface area (Å²) in [5.74, 6) is 0.0181. The van der Waals surface area contributed by atoms with Gasteiger partial charge in [0.05, 0.1) is 5.75 Å². The largest absolute Gasteiger partial charge is 0.325 e. The Labute approximate surface area is 118 Å². The first-order valence-electron chi connectivity index (χ1n) is 6.20. The van der Waals surface area contributed by atoms with Crippen molar-refractivity contribution < 1.29 is 13.2 Å². The molecule has 1 unspecified atom stereocenters. The van der Waals surface area contributed by atoms with Gasteiger partial charge in [0, 0.05) is 11.6 Å². The molecule has 0 aliphatic carbocycles. The van der Waals surface area contributed by atoms with E-state index in [1.807, 2.05) is 6.07 Å². The summed E-state index contributed by atoms with van der Waals surface area (Å²) in [6, 6.07) is 7.10. The predicted molar refractivity (Wildman–Crippen MR) is 76.1 cm³/mol. The average molecular weight is 302 g/mol. The minimum atomic E-state index is -3.30. The summed E-state index contributed by atoms with van der Waals surface area (Å²) in [6.45, 7) is 0. The van der Waals surface area contributed by atoms with Gasteiger partial charge in [0.25, 0.3) is 0 Å². The number of nitrogens with one attached hydrogen (secondary N) is 1. The molecule has 1 aromatic carbocycles. The van der Waals surface area contributed by atoms with Crippen molar-refractivity contribution in [3.63, 3.8) is 0 Å². The number of carbonyl (C=O) groups is 1. The third kappa shape index (κ3) is 3.48. The molecule has 1 atom stereocenters. The highest BCUT2D eigenvalue weighted by atomic mass is 35.5. The van der Waals surface area contributed by atoms with Gasteiger partial charge < -0.3 is 5.32 Å². The molecule has 1 fully saturated rings. The summed E-state index contributed by atoms with van der Waals surface area (Å²) >= 11 is 5.72. The number of sulfone groups is 1. The fourth-order valence-electron chi connectivity index (χ4n) is 2.20. The van der Waals surface area contributed by atoms with Gasteiger partial charge in [-0.15, -0.1) is 11.6 Å². The lowest BCUT2D eigenvalue weighted by Crippen LogP contribution is -2.39. The Kier molecular flexibility index (Phi) is 4.47. The zero-order chi connectivity index (χ0) is 13.9. The van der Waals surface area contributed by atoms with Crippen LogP contribution in [0.5, 0.6) is 0 Å². The average Bonchev–Trinajstić information content (AvgIpc) is 2.38. The van der Waals surface area contributed by atoms with Crippen molar-refractivity contribution in [3.8, 4) is 0 Å². The van der Waals surface area contributed by atoms with E-state index < -0.39 is 21.0 Å². The Bertz CT molecular complexity index is 571. The fraction of sp³-hybridized carbons (Fsp3) is 0.462. The lowest BCUT2D eigenvalue weighted by Gasteiger charge is -2.21. The first kappa shape index (κ1) is 14.3. The lowest BCUT2D eigenvalue weighted by molar-refractivity contribution is -0.116. The van der Waals surface area contributed by atoms with Crippen LogP contribution < -0.4 is 5.32 Å². The van der Waals surface area contributed by atoms with Crippen molar-refractivity contribution in [1.82, 2.24) is 0 Å². The van der Waals surface area contributed by atoms with Crippen molar-refractivity contribution in [2.24, 2.45) is 0 Å². The zero-order valence-corrected chi connectivity index (χ0v) is 12.0. The molecule has 6 heteroatoms. The van der Waals surface area contributed by atoms with Crippen LogP contribution in [-0.2, 0) is 20.5 Å². The van der Waals surface area contributed by atoms with Gasteiger partial charge >= 0.3 is 0 Å². The summed E-state index contributed by atoms with van der Waals surface area (Å²) in [6.07, 6.45) is 1.83. The Morgan fingerprint density at radius 2 is 2.16 bits per heavy atom. The zero-order valence-electron chi connectivity index (χ0n) is 10.4. The number of anilines is 1. The standard InChI is InChI=1S/C13H16ClNO3S/c14-9-10-4-3-5-11(8-10)15-13(16)12-6-1-2-7-19(12,17)18/h3-5,8,12H,1-2,6-7,9H2,(H,15,16). The molecule has 1 N–H and O–H groups in total. The van der Waals surface area contributed by atoms with Gasteiger partial charge in [-0.25, -0.2) is 8.42 Å². The number of hydrogen-bond donors (Lipinski definition) is 1. The molecular formula is C13H16ClNO3S. The number of amides is 1. The third-order valence-corrected chi connectivity index (χ3v) is 5.70. The smallest absolute Gasteiger partial charge is 0.242 e. The molecule has 19 heavy (non-hydrogen) atoms. The minimum Gasteiger partial charge on any atom is -0.325 e. The van der Waals surface area contributed by atoms with E-state index >= 15 is 0 Å². The molecule has 104 valence electrons. The van der Waals surface area contributed by atoms with E-state index in [9.17, 15) is 13.2 Å². The molecule has 4 nitrogen and oxygen atoms in total. The number of benzene rings is 1. The van der Waals surface area contributed by atoms with Gasteiger partial charge in [-0.3, -0.25) is 4.79 Å². The molecule has 0 radical (unpaired) electrons. The Balaban J connectivity index is 2.12. The number of alkyl halides is 1. The van der Waals surface area contributed by atoms with Crippen LogP contribution in [-0.4, -0.2) is 25.3 Å². The van der Waals surface area contributed by atoms with E-state index in [-0.39, 0.29) is 5.75 Å². The van der Waals surface area contributed by atoms with Crippen molar-refractivity contribution in [2.45, 2.75) is 30.4 Å². The molecule has 1 aliphatic heterocycles. The quantitative estimate of drug-likeness (QED) is 0.872. The summed E-state index contributed by atoms with van der Waals surface area (Å²) in [7, 11) is -3.30. The van der Waals surface area contributed by atoms with Crippen molar-refractivity contribution >= 4 is 33.0 Å². The van der Waals surface area contributed by atoms with Gasteiger partial charge in [-0.2, -0.15) is 0 Å². The number of rotatable bonds is 3. The van der Waals surface area contributed by atoms with E-state index in [0.29, 0.717) is 24.4 Å². The van der Waals surface area contributed by atoms with Gasteiger partial charge in [0.15, 0.2) is 9.84 Å². The molecule has 2 rings (SSSR count). The first-order valence-corrected chi connectivity index (χ1v) is 8.45. The molecule has 0 spiro atoms. The van der Waals surface area contributed by atoms with E-state index in [0.717, 1.165) is 12.0 Å². The lowest BCUT2D eigenvalue weighted by atomic mass is 10.1. The van der Waals surface area contributed by atoms with Crippen molar-refractivity contribution in [3.05, 3.63) is 29.8 Å². The molecule has 1 aromatic rings. The molecule has 1 heterocycles. The highest BCUT2D eigenvalue weighted by molar-refractivity contribution is 7.92.